The first-order chi connectivity index (χ1) is 25.2. The number of benzene rings is 6. The largest absolute Gasteiger partial charge is 0.309 e. The van der Waals surface area contributed by atoms with Gasteiger partial charge in [0.2, 0.25) is 0 Å². The van der Waals surface area contributed by atoms with E-state index in [0.717, 1.165) is 35.6 Å². The molecule has 2 heterocycles. The van der Waals surface area contributed by atoms with Crippen molar-refractivity contribution in [2.75, 3.05) is 0 Å². The molecule has 2 aliphatic carbocycles. The normalized spacial score (nSPS) is 14.8. The number of rotatable bonds is 5. The maximum atomic E-state index is 5.30. The van der Waals surface area contributed by atoms with Gasteiger partial charge in [0.05, 0.1) is 22.4 Å². The molecule has 8 aromatic rings. The van der Waals surface area contributed by atoms with Crippen molar-refractivity contribution in [3.05, 3.63) is 181 Å². The first-order valence-corrected chi connectivity index (χ1v) is 17.9. The van der Waals surface area contributed by atoms with Gasteiger partial charge in [0.25, 0.3) is 0 Å². The molecule has 3 heteroatoms. The van der Waals surface area contributed by atoms with Crippen LogP contribution in [0.4, 0.5) is 0 Å². The Hall–Kier alpha value is -6.32. The van der Waals surface area contributed by atoms with Crippen LogP contribution in [-0.4, -0.2) is 14.5 Å². The molecule has 0 aliphatic heterocycles. The van der Waals surface area contributed by atoms with E-state index in [-0.39, 0.29) is 0 Å². The van der Waals surface area contributed by atoms with E-state index >= 15 is 0 Å². The first-order valence-electron chi connectivity index (χ1n) is 17.9. The molecule has 6 aromatic carbocycles. The second-order valence-electron chi connectivity index (χ2n) is 13.8. The summed E-state index contributed by atoms with van der Waals surface area (Å²) in [6, 6.07) is 52.4. The molecule has 0 radical (unpaired) electrons. The predicted octanol–water partition coefficient (Wildman–Crippen LogP) is 12.1. The van der Waals surface area contributed by atoms with Crippen LogP contribution in [0.1, 0.15) is 30.2 Å². The first kappa shape index (κ1) is 29.6. The fourth-order valence-corrected chi connectivity index (χ4v) is 8.12. The number of fused-ring (bicyclic) bond motifs is 6. The van der Waals surface area contributed by atoms with E-state index in [2.05, 4.69) is 169 Å². The Kier molecular flexibility index (Phi) is 6.92. The Morgan fingerprint density at radius 3 is 2.12 bits per heavy atom. The highest BCUT2D eigenvalue weighted by Gasteiger charge is 2.29. The molecule has 1 unspecified atom stereocenters. The van der Waals surface area contributed by atoms with E-state index in [9.17, 15) is 0 Å². The van der Waals surface area contributed by atoms with Crippen LogP contribution in [0.25, 0.3) is 78.0 Å². The van der Waals surface area contributed by atoms with Crippen LogP contribution >= 0.6 is 0 Å². The molecule has 1 atom stereocenters. The fourth-order valence-electron chi connectivity index (χ4n) is 8.12. The lowest BCUT2D eigenvalue weighted by Gasteiger charge is -2.16. The summed E-state index contributed by atoms with van der Waals surface area (Å²) >= 11 is 0. The Morgan fingerprint density at radius 1 is 0.588 bits per heavy atom. The van der Waals surface area contributed by atoms with E-state index in [1.54, 1.807) is 0 Å². The number of aromatic nitrogens is 3. The van der Waals surface area contributed by atoms with Crippen LogP contribution in [0, 0.1) is 5.92 Å². The molecule has 0 N–H and O–H groups in total. The van der Waals surface area contributed by atoms with Gasteiger partial charge < -0.3 is 4.57 Å². The average molecular weight is 654 g/mol. The minimum atomic E-state index is 0.483. The molecule has 0 bridgehead atoms. The summed E-state index contributed by atoms with van der Waals surface area (Å²) in [6.45, 7) is 2.28. The van der Waals surface area contributed by atoms with Gasteiger partial charge in [-0.05, 0) is 76.1 Å². The van der Waals surface area contributed by atoms with Crippen LogP contribution < -0.4 is 0 Å². The molecule has 10 rings (SSSR count). The van der Waals surface area contributed by atoms with E-state index in [1.165, 1.54) is 72.0 Å². The van der Waals surface area contributed by atoms with Gasteiger partial charge in [-0.3, -0.25) is 0 Å². The van der Waals surface area contributed by atoms with Crippen molar-refractivity contribution in [2.24, 2.45) is 5.92 Å². The van der Waals surface area contributed by atoms with Gasteiger partial charge in [0.1, 0.15) is 0 Å². The standard InChI is InChI=1S/C48H35N3/c1-31-12-10-16-37(28-31)46-42-30-36-15-11-20-39(45(36)47(42)50-48(49-46)34-13-4-2-5-14-34)33-24-22-32(23-25-33)35-26-27-44-41(29-35)40-19-8-9-21-43(40)51(44)38-17-6-3-7-18-38/h2-11,13-29,31H,12,30H2,1H3. The molecule has 242 valence electrons. The number of para-hydroxylation sites is 2. The topological polar surface area (TPSA) is 30.7 Å². The van der Waals surface area contributed by atoms with Crippen molar-refractivity contribution in [3.63, 3.8) is 0 Å². The van der Waals surface area contributed by atoms with Crippen LogP contribution in [0.3, 0.4) is 0 Å². The number of hydrogen-bond acceptors (Lipinski definition) is 2. The number of hydrogen-bond donors (Lipinski definition) is 0. The Morgan fingerprint density at radius 2 is 1.29 bits per heavy atom. The Balaban J connectivity index is 1.07. The average Bonchev–Trinajstić information content (AvgIpc) is 3.74. The van der Waals surface area contributed by atoms with Crippen LogP contribution in [0.5, 0.6) is 0 Å². The van der Waals surface area contributed by atoms with Crippen LogP contribution in [0.15, 0.2) is 164 Å². The minimum absolute atomic E-state index is 0.483. The van der Waals surface area contributed by atoms with Gasteiger partial charge in [-0.15, -0.1) is 0 Å². The third kappa shape index (κ3) is 4.96. The monoisotopic (exact) mass is 653 g/mol. The molecule has 0 saturated heterocycles. The van der Waals surface area contributed by atoms with Gasteiger partial charge >= 0.3 is 0 Å². The Labute approximate surface area is 297 Å². The van der Waals surface area contributed by atoms with Gasteiger partial charge in [-0.2, -0.15) is 0 Å². The highest BCUT2D eigenvalue weighted by molar-refractivity contribution is 6.10. The van der Waals surface area contributed by atoms with E-state index in [1.807, 2.05) is 6.07 Å². The van der Waals surface area contributed by atoms with E-state index < -0.39 is 0 Å². The smallest absolute Gasteiger partial charge is 0.160 e. The van der Waals surface area contributed by atoms with Crippen molar-refractivity contribution in [1.29, 1.82) is 0 Å². The quantitative estimate of drug-likeness (QED) is 0.185. The summed E-state index contributed by atoms with van der Waals surface area (Å²) < 4.78 is 2.37. The van der Waals surface area contributed by atoms with Gasteiger partial charge in [0, 0.05) is 39.6 Å². The second-order valence-corrected chi connectivity index (χ2v) is 13.8. The minimum Gasteiger partial charge on any atom is -0.309 e. The van der Waals surface area contributed by atoms with Crippen molar-refractivity contribution in [1.82, 2.24) is 14.5 Å². The number of nitrogens with zero attached hydrogens (tertiary/aromatic N) is 3. The highest BCUT2D eigenvalue weighted by Crippen LogP contribution is 2.45. The molecule has 51 heavy (non-hydrogen) atoms. The summed E-state index contributed by atoms with van der Waals surface area (Å²) in [4.78, 5) is 10.5. The van der Waals surface area contributed by atoms with Crippen molar-refractivity contribution in [3.8, 4) is 50.6 Å². The van der Waals surface area contributed by atoms with Crippen LogP contribution in [-0.2, 0) is 6.42 Å². The fraction of sp³-hybridized carbons (Fsp3) is 0.0833. The number of allylic oxidation sites excluding steroid dienone is 4. The van der Waals surface area contributed by atoms with E-state index in [4.69, 9.17) is 9.97 Å². The third-order valence-electron chi connectivity index (χ3n) is 10.6. The van der Waals surface area contributed by atoms with Crippen LogP contribution in [0.2, 0.25) is 0 Å². The second kappa shape index (κ2) is 11.9. The molecule has 0 amide bonds. The molecule has 0 fully saturated rings. The SMILES string of the molecule is CC1C=C(c2nc(-c3ccccc3)nc3c2Cc2cccc(-c4ccc(-c5ccc6c(c5)c5ccccc5n6-c5ccccc5)cc4)c2-3)C=CC1. The maximum absolute atomic E-state index is 5.30. The van der Waals surface area contributed by atoms with E-state index in [0.29, 0.717) is 5.92 Å². The molecule has 0 saturated carbocycles. The third-order valence-corrected chi connectivity index (χ3v) is 10.6. The molecule has 3 nitrogen and oxygen atoms in total. The summed E-state index contributed by atoms with van der Waals surface area (Å²) in [7, 11) is 0. The molecular formula is C48H35N3. The summed E-state index contributed by atoms with van der Waals surface area (Å²) in [5.41, 5.74) is 16.5. The van der Waals surface area contributed by atoms with Crippen molar-refractivity contribution < 1.29 is 0 Å². The van der Waals surface area contributed by atoms with Crippen molar-refractivity contribution in [2.45, 2.75) is 19.8 Å². The molecule has 2 aliphatic rings. The lowest BCUT2D eigenvalue weighted by atomic mass is 9.93. The summed E-state index contributed by atoms with van der Waals surface area (Å²) in [6.07, 6.45) is 8.79. The summed E-state index contributed by atoms with van der Waals surface area (Å²) in [5, 5.41) is 2.52. The highest BCUT2D eigenvalue weighted by atomic mass is 15.0. The lowest BCUT2D eigenvalue weighted by Crippen LogP contribution is -2.04. The van der Waals surface area contributed by atoms with Gasteiger partial charge in [-0.25, -0.2) is 9.97 Å². The zero-order chi connectivity index (χ0) is 33.9. The van der Waals surface area contributed by atoms with Gasteiger partial charge in [-0.1, -0.05) is 140 Å². The van der Waals surface area contributed by atoms with Crippen molar-refractivity contribution >= 4 is 27.4 Å². The Bertz CT molecular complexity index is 2680. The molecule has 2 aromatic heterocycles. The molecule has 0 spiro atoms. The zero-order valence-electron chi connectivity index (χ0n) is 28.4. The summed E-state index contributed by atoms with van der Waals surface area (Å²) in [5.74, 6) is 1.26. The molecular weight excluding hydrogens is 619 g/mol. The zero-order valence-corrected chi connectivity index (χ0v) is 28.4. The maximum Gasteiger partial charge on any atom is 0.160 e. The predicted molar refractivity (Wildman–Crippen MR) is 212 cm³/mol. The lowest BCUT2D eigenvalue weighted by molar-refractivity contribution is 0.739. The van der Waals surface area contributed by atoms with Gasteiger partial charge in [0.15, 0.2) is 5.82 Å².